The number of hydrogen-bond donors (Lipinski definition) is 2. The molecule has 2 amide bonds. The van der Waals surface area contributed by atoms with Crippen LogP contribution in [0, 0.1) is 0 Å². The van der Waals surface area contributed by atoms with Gasteiger partial charge in [-0.2, -0.15) is 0 Å². The minimum atomic E-state index is -0.255. The maximum atomic E-state index is 12.8. The summed E-state index contributed by atoms with van der Waals surface area (Å²) in [5.74, 6) is -0.351. The number of benzene rings is 3. The Hall–Kier alpha value is -3.57. The molecule has 0 saturated carbocycles. The number of aromatic nitrogens is 1. The van der Waals surface area contributed by atoms with Crippen LogP contribution in [0.25, 0.3) is 22.0 Å². The fraction of sp³-hybridized carbons (Fsp3) is 0.154. The summed E-state index contributed by atoms with van der Waals surface area (Å²) in [7, 11) is 0. The van der Waals surface area contributed by atoms with Crippen molar-refractivity contribution in [1.82, 2.24) is 15.2 Å². The van der Waals surface area contributed by atoms with Crippen LogP contribution in [0.1, 0.15) is 21.6 Å². The summed E-state index contributed by atoms with van der Waals surface area (Å²) in [4.78, 5) is 30.5. The van der Waals surface area contributed by atoms with Gasteiger partial charge in [-0.15, -0.1) is 0 Å². The summed E-state index contributed by atoms with van der Waals surface area (Å²) in [6, 6.07) is 23.1. The molecule has 0 unspecified atom stereocenters. The van der Waals surface area contributed by atoms with Crippen LogP contribution >= 0.6 is 11.6 Å². The first kappa shape index (κ1) is 20.3. The summed E-state index contributed by atoms with van der Waals surface area (Å²) in [5.41, 5.74) is 5.95. The zero-order valence-corrected chi connectivity index (χ0v) is 18.2. The molecule has 5 rings (SSSR count). The van der Waals surface area contributed by atoms with E-state index in [1.807, 2.05) is 60.7 Å². The highest BCUT2D eigenvalue weighted by molar-refractivity contribution is 6.31. The molecule has 0 saturated heterocycles. The Bertz CT molecular complexity index is 1300. The number of aromatic amines is 1. The van der Waals surface area contributed by atoms with Gasteiger partial charge in [-0.3, -0.25) is 9.59 Å². The maximum absolute atomic E-state index is 12.8. The number of carbonyl (C=O) groups is 2. The molecule has 1 aromatic heterocycles. The third-order valence-corrected chi connectivity index (χ3v) is 6.18. The van der Waals surface area contributed by atoms with Crippen LogP contribution in [0.4, 0.5) is 0 Å². The number of nitrogens with zero attached hydrogens (tertiary/aromatic N) is 1. The Morgan fingerprint density at radius 2 is 1.72 bits per heavy atom. The maximum Gasteiger partial charge on any atom is 0.251 e. The van der Waals surface area contributed by atoms with Gasteiger partial charge in [-0.25, -0.2) is 0 Å². The molecule has 160 valence electrons. The molecule has 5 nitrogen and oxygen atoms in total. The molecular formula is C26H22ClN3O2. The van der Waals surface area contributed by atoms with Crippen LogP contribution in [-0.4, -0.2) is 34.8 Å². The molecule has 0 bridgehead atoms. The van der Waals surface area contributed by atoms with E-state index in [0.717, 1.165) is 39.7 Å². The van der Waals surface area contributed by atoms with Gasteiger partial charge in [-0.1, -0.05) is 54.1 Å². The van der Waals surface area contributed by atoms with E-state index in [0.29, 0.717) is 23.7 Å². The van der Waals surface area contributed by atoms with E-state index in [1.54, 1.807) is 17.0 Å². The van der Waals surface area contributed by atoms with Gasteiger partial charge in [-0.05, 0) is 41.5 Å². The van der Waals surface area contributed by atoms with Gasteiger partial charge in [0.1, 0.15) is 0 Å². The van der Waals surface area contributed by atoms with Crippen molar-refractivity contribution in [3.8, 4) is 11.1 Å². The Labute approximate surface area is 191 Å². The number of H-pyrrole nitrogens is 1. The van der Waals surface area contributed by atoms with Crippen LogP contribution in [0.2, 0.25) is 5.02 Å². The average molecular weight is 444 g/mol. The van der Waals surface area contributed by atoms with Gasteiger partial charge in [0.2, 0.25) is 5.91 Å². The van der Waals surface area contributed by atoms with E-state index in [2.05, 4.69) is 10.3 Å². The molecule has 6 heteroatoms. The van der Waals surface area contributed by atoms with Crippen molar-refractivity contribution in [1.29, 1.82) is 0 Å². The second-order valence-corrected chi connectivity index (χ2v) is 8.40. The smallest absolute Gasteiger partial charge is 0.251 e. The zero-order chi connectivity index (χ0) is 22.1. The van der Waals surface area contributed by atoms with Crippen LogP contribution in [0.5, 0.6) is 0 Å². The Morgan fingerprint density at radius 3 is 2.50 bits per heavy atom. The normalized spacial score (nSPS) is 13.1. The lowest BCUT2D eigenvalue weighted by atomic mass is 10.0. The molecule has 32 heavy (non-hydrogen) atoms. The highest BCUT2D eigenvalue weighted by Crippen LogP contribution is 2.29. The molecule has 0 radical (unpaired) electrons. The largest absolute Gasteiger partial charge is 0.358 e. The van der Waals surface area contributed by atoms with Crippen LogP contribution < -0.4 is 5.32 Å². The van der Waals surface area contributed by atoms with Crippen molar-refractivity contribution < 1.29 is 9.59 Å². The summed E-state index contributed by atoms with van der Waals surface area (Å²) >= 11 is 6.16. The molecular weight excluding hydrogens is 422 g/mol. The predicted molar refractivity (Wildman–Crippen MR) is 127 cm³/mol. The summed E-state index contributed by atoms with van der Waals surface area (Å²) in [6.45, 7) is 1.10. The van der Waals surface area contributed by atoms with Crippen molar-refractivity contribution >= 4 is 34.3 Å². The van der Waals surface area contributed by atoms with Gasteiger partial charge in [0, 0.05) is 52.3 Å². The van der Waals surface area contributed by atoms with Gasteiger partial charge < -0.3 is 15.2 Å². The third kappa shape index (κ3) is 3.99. The highest BCUT2D eigenvalue weighted by atomic mass is 35.5. The van der Waals surface area contributed by atoms with Gasteiger partial charge in [0.25, 0.3) is 5.91 Å². The lowest BCUT2D eigenvalue weighted by molar-refractivity contribution is -0.131. The first-order chi connectivity index (χ1) is 15.6. The Morgan fingerprint density at radius 1 is 0.969 bits per heavy atom. The fourth-order valence-corrected chi connectivity index (χ4v) is 4.39. The molecule has 3 aromatic carbocycles. The number of carbonyl (C=O) groups excluding carboxylic acids is 2. The summed E-state index contributed by atoms with van der Waals surface area (Å²) < 4.78 is 0. The Kier molecular flexibility index (Phi) is 5.41. The number of amides is 2. The van der Waals surface area contributed by atoms with E-state index in [4.69, 9.17) is 11.6 Å². The molecule has 2 N–H and O–H groups in total. The molecule has 4 aromatic rings. The van der Waals surface area contributed by atoms with Crippen LogP contribution in [-0.2, 0) is 17.8 Å². The molecule has 1 aliphatic rings. The predicted octanol–water partition coefficient (Wildman–Crippen LogP) is 4.80. The number of halogens is 1. The molecule has 1 aliphatic heterocycles. The molecule has 2 heterocycles. The monoisotopic (exact) mass is 443 g/mol. The fourth-order valence-electron chi connectivity index (χ4n) is 4.21. The number of nitrogens with one attached hydrogen (secondary N) is 2. The summed E-state index contributed by atoms with van der Waals surface area (Å²) in [5, 5.41) is 4.48. The minimum absolute atomic E-state index is 0.0300. The van der Waals surface area contributed by atoms with Crippen molar-refractivity contribution in [3.63, 3.8) is 0 Å². The second-order valence-electron chi connectivity index (χ2n) is 7.96. The number of rotatable bonds is 4. The van der Waals surface area contributed by atoms with E-state index >= 15 is 0 Å². The topological polar surface area (TPSA) is 65.2 Å². The first-order valence-corrected chi connectivity index (χ1v) is 11.0. The van der Waals surface area contributed by atoms with Crippen LogP contribution in [0.15, 0.2) is 72.8 Å². The van der Waals surface area contributed by atoms with Gasteiger partial charge in [0.15, 0.2) is 0 Å². The van der Waals surface area contributed by atoms with E-state index in [-0.39, 0.29) is 18.4 Å². The van der Waals surface area contributed by atoms with E-state index in [9.17, 15) is 9.59 Å². The van der Waals surface area contributed by atoms with Crippen molar-refractivity contribution in [2.75, 3.05) is 13.1 Å². The quantitative estimate of drug-likeness (QED) is 0.475. The molecule has 0 atom stereocenters. The van der Waals surface area contributed by atoms with Crippen molar-refractivity contribution in [3.05, 3.63) is 94.6 Å². The number of fused-ring (bicyclic) bond motifs is 3. The van der Waals surface area contributed by atoms with Gasteiger partial charge >= 0.3 is 0 Å². The highest BCUT2D eigenvalue weighted by Gasteiger charge is 2.24. The van der Waals surface area contributed by atoms with Crippen molar-refractivity contribution in [2.24, 2.45) is 0 Å². The Balaban J connectivity index is 1.22. The minimum Gasteiger partial charge on any atom is -0.358 e. The first-order valence-electron chi connectivity index (χ1n) is 10.6. The SMILES string of the molecule is O=C(NCC(=O)N1CCc2[nH]c3ccc(Cl)cc3c2C1)c1ccc(-c2ccccc2)cc1. The van der Waals surface area contributed by atoms with E-state index in [1.165, 1.54) is 0 Å². The van der Waals surface area contributed by atoms with Crippen LogP contribution in [0.3, 0.4) is 0 Å². The lowest BCUT2D eigenvalue weighted by Gasteiger charge is -2.27. The third-order valence-electron chi connectivity index (χ3n) is 5.94. The average Bonchev–Trinajstić information content (AvgIpc) is 3.20. The van der Waals surface area contributed by atoms with Gasteiger partial charge in [0.05, 0.1) is 6.54 Å². The van der Waals surface area contributed by atoms with E-state index < -0.39 is 0 Å². The summed E-state index contributed by atoms with van der Waals surface area (Å²) in [6.07, 6.45) is 0.752. The zero-order valence-electron chi connectivity index (χ0n) is 17.4. The molecule has 0 aliphatic carbocycles. The second kappa shape index (κ2) is 8.52. The number of hydrogen-bond acceptors (Lipinski definition) is 2. The van der Waals surface area contributed by atoms with Crippen molar-refractivity contribution in [2.45, 2.75) is 13.0 Å². The molecule has 0 spiro atoms. The molecule has 0 fully saturated rings. The lowest BCUT2D eigenvalue weighted by Crippen LogP contribution is -2.42. The standard InChI is InChI=1S/C26H22ClN3O2/c27-20-10-11-23-21(14-20)22-16-30(13-12-24(22)29-23)25(31)15-28-26(32)19-8-6-18(7-9-19)17-4-2-1-3-5-17/h1-11,14,29H,12-13,15-16H2,(H,28,32).